The molecule has 2 N–H and O–H groups in total. The van der Waals surface area contributed by atoms with Crippen LogP contribution in [0.2, 0.25) is 0 Å². The quantitative estimate of drug-likeness (QED) is 0.810. The van der Waals surface area contributed by atoms with Gasteiger partial charge in [0, 0.05) is 19.3 Å². The van der Waals surface area contributed by atoms with Gasteiger partial charge in [-0.1, -0.05) is 0 Å². The van der Waals surface area contributed by atoms with E-state index in [1.807, 2.05) is 0 Å². The first-order chi connectivity index (χ1) is 8.43. The van der Waals surface area contributed by atoms with E-state index in [2.05, 4.69) is 32.8 Å². The second kappa shape index (κ2) is 5.19. The lowest BCUT2D eigenvalue weighted by Gasteiger charge is -2.23. The summed E-state index contributed by atoms with van der Waals surface area (Å²) in [5.74, 6) is 0.675. The molecule has 3 rings (SSSR count). The minimum atomic E-state index is 0.564. The van der Waals surface area contributed by atoms with Crippen molar-refractivity contribution in [2.24, 2.45) is 0 Å². The van der Waals surface area contributed by atoms with Crippen molar-refractivity contribution in [1.29, 1.82) is 0 Å². The minimum absolute atomic E-state index is 0.564. The number of piperidine rings is 2. The maximum Gasteiger partial charge on any atom is 0.0644 e. The third-order valence-electron chi connectivity index (χ3n) is 4.03. The average molecular weight is 234 g/mol. The molecule has 94 valence electrons. The Morgan fingerprint density at radius 3 is 2.65 bits per heavy atom. The van der Waals surface area contributed by atoms with Crippen molar-refractivity contribution < 1.29 is 0 Å². The Hall–Kier alpha value is -0.870. The van der Waals surface area contributed by atoms with Gasteiger partial charge < -0.3 is 10.6 Å². The van der Waals surface area contributed by atoms with Gasteiger partial charge in [0.2, 0.25) is 0 Å². The summed E-state index contributed by atoms with van der Waals surface area (Å²) in [7, 11) is 0. The van der Waals surface area contributed by atoms with Crippen LogP contribution in [0.25, 0.3) is 0 Å². The van der Waals surface area contributed by atoms with E-state index in [1.165, 1.54) is 37.8 Å². The Balaban J connectivity index is 1.68. The molecule has 4 nitrogen and oxygen atoms in total. The topological polar surface area (TPSA) is 41.9 Å². The zero-order valence-corrected chi connectivity index (χ0v) is 10.4. The molecule has 0 aliphatic carbocycles. The van der Waals surface area contributed by atoms with Crippen molar-refractivity contribution in [3.63, 3.8) is 0 Å². The van der Waals surface area contributed by atoms with Gasteiger partial charge in [0.25, 0.3) is 0 Å². The lowest BCUT2D eigenvalue weighted by molar-refractivity contribution is 0.346. The lowest BCUT2D eigenvalue weighted by atomic mass is 9.94. The molecule has 1 aromatic heterocycles. The van der Waals surface area contributed by atoms with Gasteiger partial charge in [-0.25, -0.2) is 0 Å². The highest BCUT2D eigenvalue weighted by atomic mass is 15.3. The van der Waals surface area contributed by atoms with Crippen molar-refractivity contribution in [3.8, 4) is 0 Å². The van der Waals surface area contributed by atoms with E-state index in [1.54, 1.807) is 0 Å². The standard InChI is InChI=1S/C13H22N4/c1-3-11(7-14-5-1)12-8-16-17(10-12)13-4-2-6-15-9-13/h8,10-11,13-15H,1-7,9H2. The molecule has 0 amide bonds. The Kier molecular flexibility index (Phi) is 3.43. The van der Waals surface area contributed by atoms with Gasteiger partial charge >= 0.3 is 0 Å². The second-order valence-electron chi connectivity index (χ2n) is 5.30. The summed E-state index contributed by atoms with van der Waals surface area (Å²) in [6.45, 7) is 4.53. The molecule has 3 heterocycles. The van der Waals surface area contributed by atoms with Gasteiger partial charge in [-0.3, -0.25) is 4.68 Å². The number of hydrogen-bond donors (Lipinski definition) is 2. The summed E-state index contributed by atoms with van der Waals surface area (Å²) in [5.41, 5.74) is 1.42. The largest absolute Gasteiger partial charge is 0.316 e. The monoisotopic (exact) mass is 234 g/mol. The van der Waals surface area contributed by atoms with Crippen LogP contribution in [0.5, 0.6) is 0 Å². The number of nitrogens with zero attached hydrogens (tertiary/aromatic N) is 2. The van der Waals surface area contributed by atoms with Crippen LogP contribution >= 0.6 is 0 Å². The fourth-order valence-electron chi connectivity index (χ4n) is 2.96. The van der Waals surface area contributed by atoms with Crippen LogP contribution in [0.1, 0.15) is 43.2 Å². The molecule has 0 aromatic carbocycles. The molecule has 2 saturated heterocycles. The summed E-state index contributed by atoms with van der Waals surface area (Å²) in [5, 5.41) is 11.5. The molecule has 1 aromatic rings. The molecule has 2 aliphatic heterocycles. The van der Waals surface area contributed by atoms with E-state index >= 15 is 0 Å². The Morgan fingerprint density at radius 1 is 1.12 bits per heavy atom. The molecule has 17 heavy (non-hydrogen) atoms. The van der Waals surface area contributed by atoms with Gasteiger partial charge in [-0.2, -0.15) is 5.10 Å². The van der Waals surface area contributed by atoms with Crippen molar-refractivity contribution >= 4 is 0 Å². The van der Waals surface area contributed by atoms with Crippen LogP contribution in [0.15, 0.2) is 12.4 Å². The zero-order chi connectivity index (χ0) is 11.5. The Bertz CT molecular complexity index is 316. The normalized spacial score (nSPS) is 30.4. The maximum atomic E-state index is 4.56. The van der Waals surface area contributed by atoms with Crippen LogP contribution in [0, 0.1) is 0 Å². The highest BCUT2D eigenvalue weighted by Gasteiger charge is 2.20. The molecule has 2 fully saturated rings. The third kappa shape index (κ3) is 2.53. The van der Waals surface area contributed by atoms with Crippen molar-refractivity contribution in [2.45, 2.75) is 37.6 Å². The second-order valence-corrected chi connectivity index (χ2v) is 5.30. The SMILES string of the molecule is c1nn(C2CCCNC2)cc1C1CCCNC1. The predicted molar refractivity (Wildman–Crippen MR) is 68.2 cm³/mol. The molecule has 0 bridgehead atoms. The molecular formula is C13H22N4. The first kappa shape index (κ1) is 11.2. The van der Waals surface area contributed by atoms with E-state index in [0.717, 1.165) is 19.6 Å². The van der Waals surface area contributed by atoms with Crippen molar-refractivity contribution in [3.05, 3.63) is 18.0 Å². The molecule has 0 spiro atoms. The van der Waals surface area contributed by atoms with Gasteiger partial charge in [0.15, 0.2) is 0 Å². The van der Waals surface area contributed by atoms with E-state index < -0.39 is 0 Å². The Morgan fingerprint density at radius 2 is 1.94 bits per heavy atom. The summed E-state index contributed by atoms with van der Waals surface area (Å²) in [4.78, 5) is 0. The van der Waals surface area contributed by atoms with Gasteiger partial charge in [-0.05, 0) is 50.3 Å². The minimum Gasteiger partial charge on any atom is -0.316 e. The molecule has 0 saturated carbocycles. The fourth-order valence-corrected chi connectivity index (χ4v) is 2.96. The summed E-state index contributed by atoms with van der Waals surface area (Å²) < 4.78 is 2.18. The molecule has 0 radical (unpaired) electrons. The molecule has 2 atom stereocenters. The number of hydrogen-bond acceptors (Lipinski definition) is 3. The van der Waals surface area contributed by atoms with Crippen LogP contribution in [0.3, 0.4) is 0 Å². The highest BCUT2D eigenvalue weighted by molar-refractivity contribution is 5.13. The van der Waals surface area contributed by atoms with Crippen molar-refractivity contribution in [1.82, 2.24) is 20.4 Å². The predicted octanol–water partition coefficient (Wildman–Crippen LogP) is 1.27. The maximum absolute atomic E-state index is 4.56. The fraction of sp³-hybridized carbons (Fsp3) is 0.769. The first-order valence-electron chi connectivity index (χ1n) is 6.89. The van der Waals surface area contributed by atoms with Crippen LogP contribution in [-0.4, -0.2) is 36.0 Å². The van der Waals surface area contributed by atoms with Crippen LogP contribution in [-0.2, 0) is 0 Å². The van der Waals surface area contributed by atoms with Gasteiger partial charge in [0.05, 0.1) is 12.2 Å². The summed E-state index contributed by atoms with van der Waals surface area (Å²) >= 11 is 0. The van der Waals surface area contributed by atoms with E-state index in [9.17, 15) is 0 Å². The van der Waals surface area contributed by atoms with Crippen LogP contribution in [0.4, 0.5) is 0 Å². The number of aromatic nitrogens is 2. The zero-order valence-electron chi connectivity index (χ0n) is 10.4. The molecule has 2 unspecified atom stereocenters. The molecule has 4 heteroatoms. The van der Waals surface area contributed by atoms with Gasteiger partial charge in [-0.15, -0.1) is 0 Å². The van der Waals surface area contributed by atoms with E-state index in [-0.39, 0.29) is 0 Å². The lowest BCUT2D eigenvalue weighted by Crippen LogP contribution is -2.32. The highest BCUT2D eigenvalue weighted by Crippen LogP contribution is 2.24. The first-order valence-corrected chi connectivity index (χ1v) is 6.89. The summed E-state index contributed by atoms with van der Waals surface area (Å²) in [6, 6.07) is 0.564. The number of rotatable bonds is 2. The van der Waals surface area contributed by atoms with E-state index in [4.69, 9.17) is 0 Å². The molecule has 2 aliphatic rings. The number of nitrogens with one attached hydrogen (secondary N) is 2. The smallest absolute Gasteiger partial charge is 0.0644 e. The Labute approximate surface area is 103 Å². The van der Waals surface area contributed by atoms with Crippen LogP contribution < -0.4 is 10.6 Å². The van der Waals surface area contributed by atoms with Crippen molar-refractivity contribution in [2.75, 3.05) is 26.2 Å². The van der Waals surface area contributed by atoms with Gasteiger partial charge in [0.1, 0.15) is 0 Å². The third-order valence-corrected chi connectivity index (χ3v) is 4.03. The molecular weight excluding hydrogens is 212 g/mol. The average Bonchev–Trinajstić information content (AvgIpc) is 2.90. The van der Waals surface area contributed by atoms with E-state index in [0.29, 0.717) is 12.0 Å². The summed E-state index contributed by atoms with van der Waals surface area (Å²) in [6.07, 6.45) is 9.48.